The Morgan fingerprint density at radius 2 is 2.05 bits per heavy atom. The van der Waals surface area contributed by atoms with Crippen molar-refractivity contribution in [2.24, 2.45) is 0 Å². The molecule has 0 aliphatic carbocycles. The topological polar surface area (TPSA) is 64.1 Å². The van der Waals surface area contributed by atoms with Crippen molar-refractivity contribution < 1.29 is 9.53 Å². The molecule has 1 aromatic rings. The molecule has 0 unspecified atom stereocenters. The molecule has 0 spiro atoms. The molecule has 0 atom stereocenters. The van der Waals surface area contributed by atoms with Gasteiger partial charge in [-0.3, -0.25) is 0 Å². The molecular formula is C13H16ClN3O2. The van der Waals surface area contributed by atoms with Crippen molar-refractivity contribution in [3.63, 3.8) is 0 Å². The summed E-state index contributed by atoms with van der Waals surface area (Å²) in [6, 6.07) is 0. The van der Waals surface area contributed by atoms with E-state index < -0.39 is 11.7 Å². The van der Waals surface area contributed by atoms with E-state index in [-0.39, 0.29) is 0 Å². The van der Waals surface area contributed by atoms with Gasteiger partial charge < -0.3 is 10.1 Å². The van der Waals surface area contributed by atoms with Crippen molar-refractivity contribution in [3.8, 4) is 11.8 Å². The Labute approximate surface area is 117 Å². The highest BCUT2D eigenvalue weighted by atomic mass is 35.5. The highest BCUT2D eigenvalue weighted by molar-refractivity contribution is 6.30. The summed E-state index contributed by atoms with van der Waals surface area (Å²) in [6.07, 6.45) is 3.01. The molecule has 0 aliphatic rings. The second-order valence-corrected chi connectivity index (χ2v) is 5.14. The molecular weight excluding hydrogens is 266 g/mol. The molecule has 1 aromatic heterocycles. The van der Waals surface area contributed by atoms with E-state index in [0.29, 0.717) is 23.8 Å². The summed E-state index contributed by atoms with van der Waals surface area (Å²) in [6.45, 7) is 5.84. The van der Waals surface area contributed by atoms with Crippen LogP contribution in [0.3, 0.4) is 0 Å². The minimum Gasteiger partial charge on any atom is -0.444 e. The summed E-state index contributed by atoms with van der Waals surface area (Å²) < 4.78 is 5.08. The fourth-order valence-electron chi connectivity index (χ4n) is 1.06. The molecule has 1 N–H and O–H groups in total. The third-order valence-electron chi connectivity index (χ3n) is 1.74. The van der Waals surface area contributed by atoms with Crippen LogP contribution in [0.5, 0.6) is 0 Å². The minimum absolute atomic E-state index is 0.404. The van der Waals surface area contributed by atoms with Gasteiger partial charge in [0.25, 0.3) is 0 Å². The highest BCUT2D eigenvalue weighted by Crippen LogP contribution is 2.06. The van der Waals surface area contributed by atoms with Crippen LogP contribution in [0.15, 0.2) is 12.4 Å². The Kier molecular flexibility index (Phi) is 5.58. The number of nitrogens with zero attached hydrogens (tertiary/aromatic N) is 2. The Balaban J connectivity index is 2.28. The molecule has 0 bridgehead atoms. The van der Waals surface area contributed by atoms with E-state index in [1.165, 1.54) is 12.4 Å². The first kappa shape index (κ1) is 15.3. The van der Waals surface area contributed by atoms with Crippen molar-refractivity contribution in [1.82, 2.24) is 15.3 Å². The Hall–Kier alpha value is -1.80. The van der Waals surface area contributed by atoms with Gasteiger partial charge >= 0.3 is 6.09 Å². The van der Waals surface area contributed by atoms with E-state index in [1.54, 1.807) is 0 Å². The first-order chi connectivity index (χ1) is 8.87. The SMILES string of the molecule is CC(C)(C)OC(=O)NCCC#Cc1ncc(Cl)cn1. The molecule has 0 saturated carbocycles. The van der Waals surface area contributed by atoms with Gasteiger partial charge in [0, 0.05) is 13.0 Å². The zero-order valence-electron chi connectivity index (χ0n) is 11.2. The molecule has 5 nitrogen and oxygen atoms in total. The number of hydrogen-bond acceptors (Lipinski definition) is 4. The monoisotopic (exact) mass is 281 g/mol. The standard InChI is InChI=1S/C13H16ClN3O2/c1-13(2,3)19-12(18)15-7-5-4-6-11-16-8-10(14)9-17-11/h8-9H,5,7H2,1-3H3,(H,15,18). The maximum absolute atomic E-state index is 11.3. The summed E-state index contributed by atoms with van der Waals surface area (Å²) in [4.78, 5) is 19.2. The number of aromatic nitrogens is 2. The second kappa shape index (κ2) is 6.95. The van der Waals surface area contributed by atoms with Crippen molar-refractivity contribution >= 4 is 17.7 Å². The van der Waals surface area contributed by atoms with E-state index in [4.69, 9.17) is 16.3 Å². The molecule has 0 saturated heterocycles. The summed E-state index contributed by atoms with van der Waals surface area (Å²) in [5.74, 6) is 6.03. The van der Waals surface area contributed by atoms with Crippen LogP contribution in [-0.2, 0) is 4.74 Å². The maximum Gasteiger partial charge on any atom is 0.407 e. The number of carbonyl (C=O) groups is 1. The lowest BCUT2D eigenvalue weighted by Gasteiger charge is -2.19. The van der Waals surface area contributed by atoms with Crippen molar-refractivity contribution in [2.75, 3.05) is 6.54 Å². The maximum atomic E-state index is 11.3. The zero-order chi connectivity index (χ0) is 14.3. The third-order valence-corrected chi connectivity index (χ3v) is 1.93. The quantitative estimate of drug-likeness (QED) is 0.668. The van der Waals surface area contributed by atoms with Crippen LogP contribution < -0.4 is 5.32 Å². The Morgan fingerprint density at radius 1 is 1.42 bits per heavy atom. The number of halogens is 1. The van der Waals surface area contributed by atoms with Gasteiger partial charge in [-0.15, -0.1) is 0 Å². The number of alkyl carbamates (subject to hydrolysis) is 1. The fraction of sp³-hybridized carbons (Fsp3) is 0.462. The van der Waals surface area contributed by atoms with Gasteiger partial charge in [0.05, 0.1) is 17.4 Å². The highest BCUT2D eigenvalue weighted by Gasteiger charge is 2.15. The fourth-order valence-corrected chi connectivity index (χ4v) is 1.16. The number of ether oxygens (including phenoxy) is 1. The number of carbonyl (C=O) groups excluding carboxylic acids is 1. The molecule has 1 rings (SSSR count). The van der Waals surface area contributed by atoms with Crippen LogP contribution in [0, 0.1) is 11.8 Å². The Bertz CT molecular complexity index is 483. The predicted molar refractivity (Wildman–Crippen MR) is 72.8 cm³/mol. The van der Waals surface area contributed by atoms with Crippen molar-refractivity contribution in [3.05, 3.63) is 23.2 Å². The molecule has 0 aromatic carbocycles. The van der Waals surface area contributed by atoms with E-state index in [9.17, 15) is 4.79 Å². The summed E-state index contributed by atoms with van der Waals surface area (Å²) in [5.41, 5.74) is -0.493. The van der Waals surface area contributed by atoms with Crippen LogP contribution in [0.4, 0.5) is 4.79 Å². The number of rotatable bonds is 2. The molecule has 0 aliphatic heterocycles. The summed E-state index contributed by atoms with van der Waals surface area (Å²) >= 11 is 5.65. The lowest BCUT2D eigenvalue weighted by Crippen LogP contribution is -2.32. The van der Waals surface area contributed by atoms with Crippen LogP contribution >= 0.6 is 11.6 Å². The molecule has 19 heavy (non-hydrogen) atoms. The Morgan fingerprint density at radius 3 is 2.63 bits per heavy atom. The lowest BCUT2D eigenvalue weighted by atomic mass is 10.2. The van der Waals surface area contributed by atoms with Gasteiger partial charge in [-0.25, -0.2) is 14.8 Å². The van der Waals surface area contributed by atoms with Crippen LogP contribution in [0.25, 0.3) is 0 Å². The zero-order valence-corrected chi connectivity index (χ0v) is 11.9. The van der Waals surface area contributed by atoms with Crippen molar-refractivity contribution in [2.45, 2.75) is 32.8 Å². The minimum atomic E-state index is -0.493. The molecule has 6 heteroatoms. The first-order valence-electron chi connectivity index (χ1n) is 5.80. The van der Waals surface area contributed by atoms with Crippen LogP contribution in [0.2, 0.25) is 5.02 Å². The summed E-state index contributed by atoms with van der Waals surface area (Å²) in [7, 11) is 0. The predicted octanol–water partition coefficient (Wildman–Crippen LogP) is 2.40. The number of amides is 1. The van der Waals surface area contributed by atoms with Gasteiger partial charge in [-0.2, -0.15) is 0 Å². The van der Waals surface area contributed by atoms with Crippen molar-refractivity contribution in [1.29, 1.82) is 0 Å². The molecule has 1 amide bonds. The van der Waals surface area contributed by atoms with Crippen LogP contribution in [-0.4, -0.2) is 28.2 Å². The molecule has 0 fully saturated rings. The van der Waals surface area contributed by atoms with Crippen LogP contribution in [0.1, 0.15) is 33.0 Å². The molecule has 102 valence electrons. The van der Waals surface area contributed by atoms with Gasteiger partial charge in [0.1, 0.15) is 5.60 Å². The number of nitrogens with one attached hydrogen (secondary N) is 1. The van der Waals surface area contributed by atoms with Gasteiger partial charge in [-0.05, 0) is 26.7 Å². The molecule has 1 heterocycles. The smallest absolute Gasteiger partial charge is 0.407 e. The second-order valence-electron chi connectivity index (χ2n) is 4.71. The number of hydrogen-bond donors (Lipinski definition) is 1. The lowest BCUT2D eigenvalue weighted by molar-refractivity contribution is 0.0529. The third kappa shape index (κ3) is 7.27. The largest absolute Gasteiger partial charge is 0.444 e. The van der Waals surface area contributed by atoms with Gasteiger partial charge in [0.2, 0.25) is 5.82 Å². The normalized spacial score (nSPS) is 10.3. The molecule has 0 radical (unpaired) electrons. The average Bonchev–Trinajstić information content (AvgIpc) is 2.29. The van der Waals surface area contributed by atoms with E-state index in [1.807, 2.05) is 20.8 Å². The first-order valence-corrected chi connectivity index (χ1v) is 6.18. The summed E-state index contributed by atoms with van der Waals surface area (Å²) in [5, 5.41) is 3.08. The van der Waals surface area contributed by atoms with Gasteiger partial charge in [0.15, 0.2) is 0 Å². The average molecular weight is 282 g/mol. The van der Waals surface area contributed by atoms with E-state index in [0.717, 1.165) is 0 Å². The van der Waals surface area contributed by atoms with Gasteiger partial charge in [-0.1, -0.05) is 17.5 Å². The van der Waals surface area contributed by atoms with E-state index in [2.05, 4.69) is 27.1 Å². The van der Waals surface area contributed by atoms with E-state index >= 15 is 0 Å².